The number of aryl methyl sites for hydroxylation is 2. The SMILES string of the molecule is Cc1nc2c(N)cccc2n1CCCCOc1ccccc1. The van der Waals surface area contributed by atoms with Gasteiger partial charge in [-0.05, 0) is 44.0 Å². The average molecular weight is 295 g/mol. The van der Waals surface area contributed by atoms with Crippen molar-refractivity contribution in [3.8, 4) is 5.75 Å². The Morgan fingerprint density at radius 1 is 1.05 bits per heavy atom. The number of nitrogen functional groups attached to an aromatic ring is 1. The lowest BCUT2D eigenvalue weighted by molar-refractivity contribution is 0.303. The number of para-hydroxylation sites is 2. The molecular formula is C18H21N3O. The number of hydrogen-bond acceptors (Lipinski definition) is 3. The Morgan fingerprint density at radius 3 is 2.68 bits per heavy atom. The van der Waals surface area contributed by atoms with Crippen LogP contribution in [0.1, 0.15) is 18.7 Å². The molecule has 4 heteroatoms. The van der Waals surface area contributed by atoms with Crippen molar-refractivity contribution in [3.05, 3.63) is 54.4 Å². The second-order valence-electron chi connectivity index (χ2n) is 5.39. The number of hydrogen-bond donors (Lipinski definition) is 1. The number of nitrogens with two attached hydrogens (primary N) is 1. The number of nitrogens with zero attached hydrogens (tertiary/aromatic N) is 2. The van der Waals surface area contributed by atoms with Crippen molar-refractivity contribution >= 4 is 16.7 Å². The molecule has 114 valence electrons. The molecule has 0 spiro atoms. The lowest BCUT2D eigenvalue weighted by Crippen LogP contribution is -2.03. The van der Waals surface area contributed by atoms with Crippen molar-refractivity contribution in [2.24, 2.45) is 0 Å². The first-order valence-corrected chi connectivity index (χ1v) is 7.65. The number of imidazole rings is 1. The molecule has 22 heavy (non-hydrogen) atoms. The first-order chi connectivity index (χ1) is 10.8. The molecule has 1 aromatic heterocycles. The number of unbranched alkanes of at least 4 members (excludes halogenated alkanes) is 1. The third-order valence-electron chi connectivity index (χ3n) is 3.79. The summed E-state index contributed by atoms with van der Waals surface area (Å²) in [5.41, 5.74) is 8.74. The molecule has 0 saturated heterocycles. The Hall–Kier alpha value is -2.49. The topological polar surface area (TPSA) is 53.1 Å². The minimum atomic E-state index is 0.734. The highest BCUT2D eigenvalue weighted by atomic mass is 16.5. The zero-order valence-electron chi connectivity index (χ0n) is 12.8. The van der Waals surface area contributed by atoms with E-state index in [-0.39, 0.29) is 0 Å². The molecule has 0 saturated carbocycles. The molecular weight excluding hydrogens is 274 g/mol. The van der Waals surface area contributed by atoms with Crippen molar-refractivity contribution in [2.45, 2.75) is 26.3 Å². The summed E-state index contributed by atoms with van der Waals surface area (Å²) in [4.78, 5) is 4.57. The smallest absolute Gasteiger partial charge is 0.119 e. The van der Waals surface area contributed by atoms with Crippen molar-refractivity contribution in [3.63, 3.8) is 0 Å². The van der Waals surface area contributed by atoms with E-state index in [0.717, 1.165) is 54.3 Å². The summed E-state index contributed by atoms with van der Waals surface area (Å²) in [6.45, 7) is 3.70. The summed E-state index contributed by atoms with van der Waals surface area (Å²) in [5, 5.41) is 0. The van der Waals surface area contributed by atoms with Crippen LogP contribution in [0.3, 0.4) is 0 Å². The van der Waals surface area contributed by atoms with E-state index in [1.54, 1.807) is 0 Å². The van der Waals surface area contributed by atoms with Crippen molar-refractivity contribution in [1.29, 1.82) is 0 Å². The van der Waals surface area contributed by atoms with E-state index in [0.29, 0.717) is 0 Å². The minimum absolute atomic E-state index is 0.734. The first-order valence-electron chi connectivity index (χ1n) is 7.65. The molecule has 2 aromatic carbocycles. The Balaban J connectivity index is 1.56. The Bertz CT molecular complexity index is 750. The number of fused-ring (bicyclic) bond motifs is 1. The van der Waals surface area contributed by atoms with Crippen LogP contribution in [0.2, 0.25) is 0 Å². The molecule has 0 aliphatic heterocycles. The van der Waals surface area contributed by atoms with Gasteiger partial charge in [0.2, 0.25) is 0 Å². The van der Waals surface area contributed by atoms with Gasteiger partial charge in [-0.25, -0.2) is 4.98 Å². The third kappa shape index (κ3) is 3.06. The second kappa shape index (κ2) is 6.52. The lowest BCUT2D eigenvalue weighted by atomic mass is 10.2. The van der Waals surface area contributed by atoms with Crippen LogP contribution in [0.4, 0.5) is 5.69 Å². The molecule has 0 radical (unpaired) electrons. The van der Waals surface area contributed by atoms with Crippen molar-refractivity contribution in [2.75, 3.05) is 12.3 Å². The molecule has 0 bridgehead atoms. The number of aromatic nitrogens is 2. The highest BCUT2D eigenvalue weighted by molar-refractivity contribution is 5.87. The highest BCUT2D eigenvalue weighted by Gasteiger charge is 2.08. The highest BCUT2D eigenvalue weighted by Crippen LogP contribution is 2.22. The Labute approximate surface area is 130 Å². The predicted octanol–water partition coefficient (Wildman–Crippen LogP) is 3.79. The van der Waals surface area contributed by atoms with Crippen LogP contribution in [0, 0.1) is 6.92 Å². The minimum Gasteiger partial charge on any atom is -0.494 e. The largest absolute Gasteiger partial charge is 0.494 e. The van der Waals surface area contributed by atoms with Crippen LogP contribution < -0.4 is 10.5 Å². The van der Waals surface area contributed by atoms with Crippen LogP contribution in [0.5, 0.6) is 5.75 Å². The van der Waals surface area contributed by atoms with Gasteiger partial charge in [0.05, 0.1) is 17.8 Å². The molecule has 0 fully saturated rings. The molecule has 0 unspecified atom stereocenters. The second-order valence-corrected chi connectivity index (χ2v) is 5.39. The molecule has 3 aromatic rings. The van der Waals surface area contributed by atoms with Gasteiger partial charge in [0.15, 0.2) is 0 Å². The number of ether oxygens (including phenoxy) is 1. The van der Waals surface area contributed by atoms with E-state index in [1.165, 1.54) is 0 Å². The summed E-state index contributed by atoms with van der Waals surface area (Å²) in [5.74, 6) is 1.94. The molecule has 0 atom stereocenters. The van der Waals surface area contributed by atoms with E-state index in [2.05, 4.69) is 15.6 Å². The summed E-state index contributed by atoms with van der Waals surface area (Å²) >= 11 is 0. The summed E-state index contributed by atoms with van der Waals surface area (Å²) in [6.07, 6.45) is 2.06. The summed E-state index contributed by atoms with van der Waals surface area (Å²) in [7, 11) is 0. The average Bonchev–Trinajstić information content (AvgIpc) is 2.86. The first kappa shape index (κ1) is 14.4. The van der Waals surface area contributed by atoms with Gasteiger partial charge in [-0.2, -0.15) is 0 Å². The van der Waals surface area contributed by atoms with Gasteiger partial charge >= 0.3 is 0 Å². The van der Waals surface area contributed by atoms with Crippen LogP contribution in [-0.4, -0.2) is 16.2 Å². The molecule has 1 heterocycles. The molecule has 0 aliphatic carbocycles. The van der Waals surface area contributed by atoms with Crippen LogP contribution in [0.15, 0.2) is 48.5 Å². The van der Waals surface area contributed by atoms with Gasteiger partial charge < -0.3 is 15.0 Å². The van der Waals surface area contributed by atoms with Gasteiger partial charge in [0.1, 0.15) is 17.1 Å². The van der Waals surface area contributed by atoms with E-state index < -0.39 is 0 Å². The lowest BCUT2D eigenvalue weighted by Gasteiger charge is -2.08. The predicted molar refractivity (Wildman–Crippen MR) is 90.1 cm³/mol. The summed E-state index contributed by atoms with van der Waals surface area (Å²) in [6, 6.07) is 15.9. The normalized spacial score (nSPS) is 11.0. The van der Waals surface area contributed by atoms with E-state index in [9.17, 15) is 0 Å². The van der Waals surface area contributed by atoms with Crippen molar-refractivity contribution < 1.29 is 4.74 Å². The fourth-order valence-corrected chi connectivity index (χ4v) is 2.65. The number of anilines is 1. The van der Waals surface area contributed by atoms with Gasteiger partial charge in [-0.3, -0.25) is 0 Å². The van der Waals surface area contributed by atoms with Crippen molar-refractivity contribution in [1.82, 2.24) is 9.55 Å². The van der Waals surface area contributed by atoms with E-state index in [1.807, 2.05) is 49.4 Å². The maximum atomic E-state index is 5.98. The quantitative estimate of drug-likeness (QED) is 0.556. The van der Waals surface area contributed by atoms with Gasteiger partial charge in [0.25, 0.3) is 0 Å². The number of benzene rings is 2. The monoisotopic (exact) mass is 295 g/mol. The zero-order valence-corrected chi connectivity index (χ0v) is 12.8. The van der Waals surface area contributed by atoms with Crippen LogP contribution in [0.25, 0.3) is 11.0 Å². The van der Waals surface area contributed by atoms with Gasteiger partial charge in [0, 0.05) is 6.54 Å². The maximum Gasteiger partial charge on any atom is 0.119 e. The van der Waals surface area contributed by atoms with E-state index >= 15 is 0 Å². The third-order valence-corrected chi connectivity index (χ3v) is 3.79. The Kier molecular flexibility index (Phi) is 4.28. The van der Waals surface area contributed by atoms with Crippen LogP contribution in [-0.2, 0) is 6.54 Å². The molecule has 4 nitrogen and oxygen atoms in total. The van der Waals surface area contributed by atoms with Gasteiger partial charge in [-0.1, -0.05) is 24.3 Å². The standard InChI is InChI=1S/C18H21N3O/c1-14-20-18-16(19)10-7-11-17(18)21(14)12-5-6-13-22-15-8-3-2-4-9-15/h2-4,7-11H,5-6,12-13,19H2,1H3. The maximum absolute atomic E-state index is 5.98. The number of rotatable bonds is 6. The fraction of sp³-hybridized carbons (Fsp3) is 0.278. The molecule has 0 amide bonds. The Morgan fingerprint density at radius 2 is 1.86 bits per heavy atom. The fourth-order valence-electron chi connectivity index (χ4n) is 2.65. The molecule has 3 rings (SSSR count). The zero-order chi connectivity index (χ0) is 15.4. The van der Waals surface area contributed by atoms with E-state index in [4.69, 9.17) is 10.5 Å². The summed E-state index contributed by atoms with van der Waals surface area (Å²) < 4.78 is 7.95. The van der Waals surface area contributed by atoms with Crippen LogP contribution >= 0.6 is 0 Å². The molecule has 0 aliphatic rings. The van der Waals surface area contributed by atoms with Gasteiger partial charge in [-0.15, -0.1) is 0 Å². The molecule has 2 N–H and O–H groups in total.